The zero-order valence-electron chi connectivity index (χ0n) is 12.9. The zero-order chi connectivity index (χ0) is 17.1. The Morgan fingerprint density at radius 3 is 2.58 bits per heavy atom. The summed E-state index contributed by atoms with van der Waals surface area (Å²) in [6.45, 7) is 2.82. The molecule has 2 N–H and O–H groups in total. The summed E-state index contributed by atoms with van der Waals surface area (Å²) in [5.74, 6) is 1.16. The first kappa shape index (κ1) is 16.7. The van der Waals surface area contributed by atoms with E-state index in [4.69, 9.17) is 32.7 Å². The van der Waals surface area contributed by atoms with Gasteiger partial charge in [0.05, 0.1) is 10.7 Å². The Morgan fingerprint density at radius 2 is 1.83 bits per heavy atom. The number of ether oxygens (including phenoxy) is 2. The van der Waals surface area contributed by atoms with Crippen LogP contribution >= 0.6 is 23.2 Å². The Kier molecular flexibility index (Phi) is 5.02. The average molecular weight is 367 g/mol. The van der Waals surface area contributed by atoms with Gasteiger partial charge in [-0.3, -0.25) is 4.79 Å². The second kappa shape index (κ2) is 7.20. The third-order valence-corrected chi connectivity index (χ3v) is 4.06. The standard InChI is InChI=1S/C17H16Cl2N2O3/c1-10(17(22)21-14-4-2-11(18)8-13(14)19)20-12-3-5-15-16(9-12)24-7-6-23-15/h2-5,8-10,20H,6-7H2,1H3,(H,21,22)/t10-/m0/s1. The first-order chi connectivity index (χ1) is 11.5. The lowest BCUT2D eigenvalue weighted by atomic mass is 10.2. The largest absolute Gasteiger partial charge is 0.486 e. The molecule has 0 fully saturated rings. The van der Waals surface area contributed by atoms with Gasteiger partial charge in [0, 0.05) is 16.8 Å². The fourth-order valence-corrected chi connectivity index (χ4v) is 2.74. The van der Waals surface area contributed by atoms with Gasteiger partial charge in [0.1, 0.15) is 19.3 Å². The number of fused-ring (bicyclic) bond motifs is 1. The van der Waals surface area contributed by atoms with E-state index >= 15 is 0 Å². The minimum Gasteiger partial charge on any atom is -0.486 e. The summed E-state index contributed by atoms with van der Waals surface area (Å²) in [5, 5.41) is 6.80. The van der Waals surface area contributed by atoms with Crippen LogP contribution in [0.4, 0.5) is 11.4 Å². The molecular weight excluding hydrogens is 351 g/mol. The van der Waals surface area contributed by atoms with Gasteiger partial charge in [0.2, 0.25) is 5.91 Å². The van der Waals surface area contributed by atoms with Crippen molar-refractivity contribution in [3.05, 3.63) is 46.4 Å². The predicted molar refractivity (Wildman–Crippen MR) is 95.6 cm³/mol. The molecule has 1 aliphatic heterocycles. The number of carbonyl (C=O) groups is 1. The Bertz CT molecular complexity index is 767. The van der Waals surface area contributed by atoms with Gasteiger partial charge in [0.25, 0.3) is 0 Å². The summed E-state index contributed by atoms with van der Waals surface area (Å²) in [6.07, 6.45) is 0. The van der Waals surface area contributed by atoms with E-state index in [0.29, 0.717) is 40.4 Å². The molecule has 126 valence electrons. The number of hydrogen-bond donors (Lipinski definition) is 2. The lowest BCUT2D eigenvalue weighted by Crippen LogP contribution is -2.32. The molecule has 2 aromatic carbocycles. The van der Waals surface area contributed by atoms with Crippen LogP contribution < -0.4 is 20.1 Å². The van der Waals surface area contributed by atoms with E-state index in [2.05, 4.69) is 10.6 Å². The molecule has 0 unspecified atom stereocenters. The molecule has 2 aromatic rings. The highest BCUT2D eigenvalue weighted by Crippen LogP contribution is 2.33. The fourth-order valence-electron chi connectivity index (χ4n) is 2.28. The van der Waals surface area contributed by atoms with E-state index in [-0.39, 0.29) is 5.91 Å². The number of rotatable bonds is 4. The monoisotopic (exact) mass is 366 g/mol. The smallest absolute Gasteiger partial charge is 0.246 e. The third-order valence-electron chi connectivity index (χ3n) is 3.51. The van der Waals surface area contributed by atoms with Gasteiger partial charge in [-0.15, -0.1) is 0 Å². The number of benzene rings is 2. The topological polar surface area (TPSA) is 59.6 Å². The van der Waals surface area contributed by atoms with Crippen LogP contribution in [0.15, 0.2) is 36.4 Å². The van der Waals surface area contributed by atoms with E-state index in [1.54, 1.807) is 25.1 Å². The van der Waals surface area contributed by atoms with Crippen molar-refractivity contribution >= 4 is 40.5 Å². The average Bonchev–Trinajstić information content (AvgIpc) is 2.57. The Balaban J connectivity index is 1.65. The molecule has 1 heterocycles. The summed E-state index contributed by atoms with van der Waals surface area (Å²) in [4.78, 5) is 12.3. The summed E-state index contributed by atoms with van der Waals surface area (Å²) >= 11 is 11.9. The van der Waals surface area contributed by atoms with Gasteiger partial charge in [-0.05, 0) is 37.3 Å². The molecule has 0 bridgehead atoms. The number of carbonyl (C=O) groups excluding carboxylic acids is 1. The maximum absolute atomic E-state index is 12.3. The third kappa shape index (κ3) is 3.86. The molecule has 0 radical (unpaired) electrons. The molecule has 1 atom stereocenters. The van der Waals surface area contributed by atoms with Crippen LogP contribution in [0, 0.1) is 0 Å². The first-order valence-electron chi connectivity index (χ1n) is 7.45. The number of halogens is 2. The van der Waals surface area contributed by atoms with E-state index in [0.717, 1.165) is 5.69 Å². The van der Waals surface area contributed by atoms with E-state index < -0.39 is 6.04 Å². The van der Waals surface area contributed by atoms with Crippen molar-refractivity contribution in [2.45, 2.75) is 13.0 Å². The molecule has 0 spiro atoms. The Labute approximate surface area is 149 Å². The summed E-state index contributed by atoms with van der Waals surface area (Å²) in [6, 6.07) is 9.91. The second-order valence-electron chi connectivity index (χ2n) is 5.34. The molecule has 7 heteroatoms. The first-order valence-corrected chi connectivity index (χ1v) is 8.20. The maximum Gasteiger partial charge on any atom is 0.246 e. The number of hydrogen-bond acceptors (Lipinski definition) is 4. The van der Waals surface area contributed by atoms with Gasteiger partial charge < -0.3 is 20.1 Å². The van der Waals surface area contributed by atoms with Crippen LogP contribution in [0.3, 0.4) is 0 Å². The van der Waals surface area contributed by atoms with E-state index in [1.165, 1.54) is 0 Å². The van der Waals surface area contributed by atoms with Crippen molar-refractivity contribution in [2.24, 2.45) is 0 Å². The SMILES string of the molecule is C[C@H](Nc1ccc2c(c1)OCCO2)C(=O)Nc1ccc(Cl)cc1Cl. The van der Waals surface area contributed by atoms with Crippen LogP contribution in [-0.4, -0.2) is 25.2 Å². The normalized spacial score (nSPS) is 14.0. The Hall–Kier alpha value is -2.11. The van der Waals surface area contributed by atoms with Crippen molar-refractivity contribution in [1.82, 2.24) is 0 Å². The number of nitrogens with one attached hydrogen (secondary N) is 2. The van der Waals surface area contributed by atoms with Crippen molar-refractivity contribution in [1.29, 1.82) is 0 Å². The predicted octanol–water partition coefficient (Wildman–Crippen LogP) is 4.20. The Morgan fingerprint density at radius 1 is 1.08 bits per heavy atom. The number of amides is 1. The van der Waals surface area contributed by atoms with Crippen molar-refractivity contribution < 1.29 is 14.3 Å². The van der Waals surface area contributed by atoms with E-state index in [1.807, 2.05) is 18.2 Å². The molecular formula is C17H16Cl2N2O3. The zero-order valence-corrected chi connectivity index (χ0v) is 14.4. The number of anilines is 2. The second-order valence-corrected chi connectivity index (χ2v) is 6.18. The maximum atomic E-state index is 12.3. The van der Waals surface area contributed by atoms with Crippen molar-refractivity contribution in [2.75, 3.05) is 23.8 Å². The van der Waals surface area contributed by atoms with Gasteiger partial charge in [0.15, 0.2) is 11.5 Å². The van der Waals surface area contributed by atoms with Gasteiger partial charge in [-0.1, -0.05) is 23.2 Å². The molecule has 1 aliphatic rings. The quantitative estimate of drug-likeness (QED) is 0.850. The minimum atomic E-state index is -0.473. The highest BCUT2D eigenvalue weighted by atomic mass is 35.5. The fraction of sp³-hybridized carbons (Fsp3) is 0.235. The van der Waals surface area contributed by atoms with Crippen molar-refractivity contribution in [3.63, 3.8) is 0 Å². The summed E-state index contributed by atoms with van der Waals surface area (Å²) in [5.41, 5.74) is 1.28. The minimum absolute atomic E-state index is 0.214. The molecule has 1 amide bonds. The highest BCUT2D eigenvalue weighted by molar-refractivity contribution is 6.36. The molecule has 0 saturated carbocycles. The molecule has 3 rings (SSSR count). The summed E-state index contributed by atoms with van der Waals surface area (Å²) < 4.78 is 11.0. The van der Waals surface area contributed by atoms with Crippen LogP contribution in [0.2, 0.25) is 10.0 Å². The van der Waals surface area contributed by atoms with E-state index in [9.17, 15) is 4.79 Å². The lowest BCUT2D eigenvalue weighted by molar-refractivity contribution is -0.116. The van der Waals surface area contributed by atoms with Crippen LogP contribution in [0.25, 0.3) is 0 Å². The van der Waals surface area contributed by atoms with Gasteiger partial charge in [-0.25, -0.2) is 0 Å². The molecule has 0 aromatic heterocycles. The molecule has 0 saturated heterocycles. The highest BCUT2D eigenvalue weighted by Gasteiger charge is 2.17. The van der Waals surface area contributed by atoms with Gasteiger partial charge >= 0.3 is 0 Å². The van der Waals surface area contributed by atoms with Crippen LogP contribution in [-0.2, 0) is 4.79 Å². The molecule has 24 heavy (non-hydrogen) atoms. The molecule has 5 nitrogen and oxygen atoms in total. The summed E-state index contributed by atoms with van der Waals surface area (Å²) in [7, 11) is 0. The van der Waals surface area contributed by atoms with Gasteiger partial charge in [-0.2, -0.15) is 0 Å². The van der Waals surface area contributed by atoms with Crippen molar-refractivity contribution in [3.8, 4) is 11.5 Å². The molecule has 0 aliphatic carbocycles. The van der Waals surface area contributed by atoms with Crippen LogP contribution in [0.5, 0.6) is 11.5 Å². The van der Waals surface area contributed by atoms with Crippen LogP contribution in [0.1, 0.15) is 6.92 Å². The lowest BCUT2D eigenvalue weighted by Gasteiger charge is -2.20.